The van der Waals surface area contributed by atoms with Gasteiger partial charge in [-0.1, -0.05) is 12.5 Å². The average Bonchev–Trinajstić information content (AvgIpc) is 2.17. The highest BCUT2D eigenvalue weighted by atomic mass is 19.1. The second-order valence-corrected chi connectivity index (χ2v) is 4.44. The van der Waals surface area contributed by atoms with Gasteiger partial charge in [0.2, 0.25) is 0 Å². The van der Waals surface area contributed by atoms with E-state index < -0.39 is 11.8 Å². The van der Waals surface area contributed by atoms with Crippen LogP contribution >= 0.6 is 0 Å². The van der Waals surface area contributed by atoms with E-state index in [1.54, 1.807) is 6.07 Å². The highest BCUT2D eigenvalue weighted by molar-refractivity contribution is 5.70. The van der Waals surface area contributed by atoms with E-state index in [0.717, 1.165) is 12.8 Å². The Morgan fingerprint density at radius 1 is 1.47 bits per heavy atom. The summed E-state index contributed by atoms with van der Waals surface area (Å²) >= 11 is 0. The van der Waals surface area contributed by atoms with Crippen molar-refractivity contribution in [1.29, 1.82) is 0 Å². The van der Waals surface area contributed by atoms with Crippen LogP contribution in [0.1, 0.15) is 24.8 Å². The average molecular weight is 238 g/mol. The molecule has 0 aliphatic heterocycles. The molecule has 0 unspecified atom stereocenters. The number of carboxylic acid groups (broad SMARTS) is 1. The zero-order valence-electron chi connectivity index (χ0n) is 9.49. The van der Waals surface area contributed by atoms with Gasteiger partial charge < -0.3 is 9.84 Å². The maximum atomic E-state index is 13.6. The number of hydrogen-bond acceptors (Lipinski definition) is 2. The summed E-state index contributed by atoms with van der Waals surface area (Å²) in [4.78, 5) is 10.5. The van der Waals surface area contributed by atoms with Crippen LogP contribution in [-0.2, 0) is 11.2 Å². The number of carbonyl (C=O) groups is 1. The van der Waals surface area contributed by atoms with Crippen LogP contribution in [0.3, 0.4) is 0 Å². The van der Waals surface area contributed by atoms with Gasteiger partial charge in [0.05, 0.1) is 13.0 Å². The first-order valence-corrected chi connectivity index (χ1v) is 5.78. The largest absolute Gasteiger partial charge is 0.490 e. The van der Waals surface area contributed by atoms with Gasteiger partial charge in [-0.25, -0.2) is 4.39 Å². The molecule has 0 spiro atoms. The molecule has 2 rings (SSSR count). The third-order valence-electron chi connectivity index (χ3n) is 3.05. The molecular formula is C13H15FO3. The van der Waals surface area contributed by atoms with E-state index in [4.69, 9.17) is 9.84 Å². The van der Waals surface area contributed by atoms with Crippen LogP contribution in [0.5, 0.6) is 5.75 Å². The van der Waals surface area contributed by atoms with Crippen molar-refractivity contribution < 1.29 is 19.0 Å². The van der Waals surface area contributed by atoms with E-state index in [0.29, 0.717) is 18.1 Å². The maximum Gasteiger partial charge on any atom is 0.307 e. The van der Waals surface area contributed by atoms with Gasteiger partial charge in [0.25, 0.3) is 0 Å². The van der Waals surface area contributed by atoms with Crippen molar-refractivity contribution in [3.63, 3.8) is 0 Å². The number of carboxylic acids is 1. The minimum absolute atomic E-state index is 0.167. The van der Waals surface area contributed by atoms with Crippen molar-refractivity contribution >= 4 is 5.97 Å². The summed E-state index contributed by atoms with van der Waals surface area (Å²) in [5.41, 5.74) is 0.450. The lowest BCUT2D eigenvalue weighted by molar-refractivity contribution is -0.136. The lowest BCUT2D eigenvalue weighted by atomic mass is 9.86. The first kappa shape index (κ1) is 11.9. The van der Waals surface area contributed by atoms with E-state index in [2.05, 4.69) is 0 Å². The van der Waals surface area contributed by atoms with Gasteiger partial charge in [0.1, 0.15) is 0 Å². The Morgan fingerprint density at radius 2 is 2.24 bits per heavy atom. The van der Waals surface area contributed by atoms with E-state index in [9.17, 15) is 9.18 Å². The van der Waals surface area contributed by atoms with Gasteiger partial charge in [-0.15, -0.1) is 0 Å². The highest BCUT2D eigenvalue weighted by Crippen LogP contribution is 2.28. The Hall–Kier alpha value is -1.58. The molecule has 1 N–H and O–H groups in total. The number of rotatable bonds is 5. The molecule has 0 amide bonds. The second-order valence-electron chi connectivity index (χ2n) is 4.44. The number of ether oxygens (including phenoxy) is 1. The summed E-state index contributed by atoms with van der Waals surface area (Å²) in [7, 11) is 0. The molecule has 0 saturated heterocycles. The highest BCUT2D eigenvalue weighted by Gasteiger charge is 2.18. The Bertz CT molecular complexity index is 413. The van der Waals surface area contributed by atoms with Crippen molar-refractivity contribution in [1.82, 2.24) is 0 Å². The lowest BCUT2D eigenvalue weighted by Gasteiger charge is -2.25. The molecule has 1 saturated carbocycles. The summed E-state index contributed by atoms with van der Waals surface area (Å²) in [5, 5.41) is 8.59. The van der Waals surface area contributed by atoms with Gasteiger partial charge in [-0.3, -0.25) is 4.79 Å². The van der Waals surface area contributed by atoms with Crippen LogP contribution in [0.2, 0.25) is 0 Å². The molecular weight excluding hydrogens is 223 g/mol. The number of aliphatic carboxylic acids is 1. The summed E-state index contributed by atoms with van der Waals surface area (Å²) in [5.74, 6) is -0.685. The minimum Gasteiger partial charge on any atom is -0.490 e. The molecule has 92 valence electrons. The van der Waals surface area contributed by atoms with Gasteiger partial charge in [0.15, 0.2) is 11.6 Å². The predicted octanol–water partition coefficient (Wildman–Crippen LogP) is 2.63. The summed E-state index contributed by atoms with van der Waals surface area (Å²) < 4.78 is 18.9. The third kappa shape index (κ3) is 3.19. The first-order chi connectivity index (χ1) is 8.15. The summed E-state index contributed by atoms with van der Waals surface area (Å²) in [6.45, 7) is 0.551. The fraction of sp³-hybridized carbons (Fsp3) is 0.462. The van der Waals surface area contributed by atoms with Gasteiger partial charge >= 0.3 is 5.97 Å². The Balaban J connectivity index is 1.95. The SMILES string of the molecule is O=C(O)Cc1ccc(OCC2CCC2)c(F)c1. The van der Waals surface area contributed by atoms with Crippen molar-refractivity contribution in [3.05, 3.63) is 29.6 Å². The van der Waals surface area contributed by atoms with Gasteiger partial charge in [-0.05, 0) is 36.5 Å². The van der Waals surface area contributed by atoms with E-state index in [1.807, 2.05) is 0 Å². The second kappa shape index (κ2) is 5.17. The van der Waals surface area contributed by atoms with Crippen molar-refractivity contribution in [2.24, 2.45) is 5.92 Å². The number of hydrogen-bond donors (Lipinski definition) is 1. The van der Waals surface area contributed by atoms with Crippen molar-refractivity contribution in [2.75, 3.05) is 6.61 Å². The van der Waals surface area contributed by atoms with E-state index in [1.165, 1.54) is 18.6 Å². The predicted molar refractivity (Wildman–Crippen MR) is 60.6 cm³/mol. The molecule has 1 fully saturated rings. The first-order valence-electron chi connectivity index (χ1n) is 5.78. The molecule has 1 aromatic carbocycles. The fourth-order valence-corrected chi connectivity index (χ4v) is 1.81. The van der Waals surface area contributed by atoms with Crippen molar-refractivity contribution in [3.8, 4) is 5.75 Å². The molecule has 3 nitrogen and oxygen atoms in total. The smallest absolute Gasteiger partial charge is 0.307 e. The van der Waals surface area contributed by atoms with Crippen LogP contribution in [0, 0.1) is 11.7 Å². The van der Waals surface area contributed by atoms with E-state index >= 15 is 0 Å². The Labute approximate surface area is 99.2 Å². The number of benzene rings is 1. The monoisotopic (exact) mass is 238 g/mol. The fourth-order valence-electron chi connectivity index (χ4n) is 1.81. The zero-order chi connectivity index (χ0) is 12.3. The Morgan fingerprint density at radius 3 is 2.76 bits per heavy atom. The zero-order valence-corrected chi connectivity index (χ0v) is 9.49. The molecule has 4 heteroatoms. The van der Waals surface area contributed by atoms with Crippen LogP contribution in [-0.4, -0.2) is 17.7 Å². The third-order valence-corrected chi connectivity index (χ3v) is 3.05. The van der Waals surface area contributed by atoms with E-state index in [-0.39, 0.29) is 12.2 Å². The Kier molecular flexibility index (Phi) is 3.61. The molecule has 0 radical (unpaired) electrons. The molecule has 1 aromatic rings. The molecule has 0 aromatic heterocycles. The van der Waals surface area contributed by atoms with Gasteiger partial charge in [0, 0.05) is 0 Å². The molecule has 0 heterocycles. The van der Waals surface area contributed by atoms with Crippen LogP contribution in [0.25, 0.3) is 0 Å². The lowest BCUT2D eigenvalue weighted by Crippen LogP contribution is -2.19. The number of halogens is 1. The minimum atomic E-state index is -0.965. The normalized spacial score (nSPS) is 15.4. The molecule has 0 atom stereocenters. The standard InChI is InChI=1S/C13H15FO3/c14-11-6-10(7-13(15)16)4-5-12(11)17-8-9-2-1-3-9/h4-6,9H,1-3,7-8H2,(H,15,16). The molecule has 1 aliphatic carbocycles. The molecule has 0 bridgehead atoms. The van der Waals surface area contributed by atoms with Crippen molar-refractivity contribution in [2.45, 2.75) is 25.7 Å². The van der Waals surface area contributed by atoms with Gasteiger partial charge in [-0.2, -0.15) is 0 Å². The quantitative estimate of drug-likeness (QED) is 0.857. The topological polar surface area (TPSA) is 46.5 Å². The summed E-state index contributed by atoms with van der Waals surface area (Å²) in [6.07, 6.45) is 3.37. The van der Waals surface area contributed by atoms with Crippen LogP contribution in [0.15, 0.2) is 18.2 Å². The summed E-state index contributed by atoms with van der Waals surface area (Å²) in [6, 6.07) is 4.32. The molecule has 17 heavy (non-hydrogen) atoms. The van der Waals surface area contributed by atoms with Crippen LogP contribution in [0.4, 0.5) is 4.39 Å². The molecule has 1 aliphatic rings. The maximum absolute atomic E-state index is 13.6. The van der Waals surface area contributed by atoms with Crippen LogP contribution < -0.4 is 4.74 Å².